The van der Waals surface area contributed by atoms with Gasteiger partial charge in [0.15, 0.2) is 11.6 Å². The first-order valence-corrected chi connectivity index (χ1v) is 8.70. The van der Waals surface area contributed by atoms with E-state index in [1.54, 1.807) is 26.4 Å². The van der Waals surface area contributed by atoms with Crippen molar-refractivity contribution < 1.29 is 14.2 Å². The third kappa shape index (κ3) is 4.02. The topological polar surface area (TPSA) is 76.0 Å². The molecule has 0 radical (unpaired) electrons. The van der Waals surface area contributed by atoms with Gasteiger partial charge in [-0.15, -0.1) is 0 Å². The molecule has 2 heterocycles. The van der Waals surface area contributed by atoms with Crippen molar-refractivity contribution in [2.75, 3.05) is 7.11 Å². The Hall–Kier alpha value is -3.09. The summed E-state index contributed by atoms with van der Waals surface area (Å²) in [5.74, 6) is -0.0777. The smallest absolute Gasteiger partial charge is 0.192 e. The summed E-state index contributed by atoms with van der Waals surface area (Å²) in [6, 6.07) is 5.02. The van der Waals surface area contributed by atoms with Crippen LogP contribution in [-0.2, 0) is 7.05 Å². The molecule has 0 saturated heterocycles. The number of nitrogens with one attached hydrogen (secondary N) is 1. The Morgan fingerprint density at radius 2 is 1.89 bits per heavy atom. The molecule has 0 aliphatic carbocycles. The number of aromatic nitrogens is 4. The van der Waals surface area contributed by atoms with E-state index in [4.69, 9.17) is 9.84 Å². The van der Waals surface area contributed by atoms with Gasteiger partial charge in [0.2, 0.25) is 0 Å². The summed E-state index contributed by atoms with van der Waals surface area (Å²) in [6.45, 7) is 8.07. The zero-order valence-corrected chi connectivity index (χ0v) is 16.5. The number of benzene rings is 2. The van der Waals surface area contributed by atoms with E-state index in [-0.39, 0.29) is 11.3 Å². The van der Waals surface area contributed by atoms with Crippen LogP contribution >= 0.6 is 0 Å². The number of hydrogen-bond donors (Lipinski definition) is 2. The first kappa shape index (κ1) is 20.2. The van der Waals surface area contributed by atoms with Crippen molar-refractivity contribution in [2.24, 2.45) is 7.05 Å². The van der Waals surface area contributed by atoms with Crippen LogP contribution < -0.4 is 4.74 Å². The van der Waals surface area contributed by atoms with Crippen LogP contribution in [0.3, 0.4) is 0 Å². The average Bonchev–Trinajstić information content (AvgIpc) is 3.27. The summed E-state index contributed by atoms with van der Waals surface area (Å²) in [5.41, 5.74) is 3.53. The number of rotatable bonds is 1. The molecule has 144 valence electrons. The Morgan fingerprint density at radius 3 is 2.56 bits per heavy atom. The van der Waals surface area contributed by atoms with Crippen LogP contribution in [0.1, 0.15) is 25.0 Å². The Bertz CT molecular complexity index is 1050. The number of ether oxygens (including phenoxy) is 1. The van der Waals surface area contributed by atoms with E-state index in [1.165, 1.54) is 10.7 Å². The number of fused-ring (bicyclic) bond motifs is 2. The van der Waals surface area contributed by atoms with Gasteiger partial charge < -0.3 is 9.84 Å². The number of H-pyrrole nitrogens is 1. The number of nitrogens with zero attached hydrogens (tertiary/aromatic N) is 3. The van der Waals surface area contributed by atoms with Gasteiger partial charge in [0.25, 0.3) is 0 Å². The van der Waals surface area contributed by atoms with E-state index >= 15 is 0 Å². The van der Waals surface area contributed by atoms with Crippen LogP contribution in [-0.4, -0.2) is 32.2 Å². The molecule has 7 heteroatoms. The van der Waals surface area contributed by atoms with Gasteiger partial charge in [-0.3, -0.25) is 9.78 Å². The summed E-state index contributed by atoms with van der Waals surface area (Å²) in [6.07, 6.45) is 3.52. The molecule has 2 N–H and O–H groups in total. The fraction of sp³-hybridized carbons (Fsp3) is 0.300. The number of aromatic amines is 1. The molecule has 0 atom stereocenters. The highest BCUT2D eigenvalue weighted by Crippen LogP contribution is 2.29. The standard InChI is InChI=1S/C10H12N2O.C8H7FN2O.C2H6/c1-6-4-8-5-11-12-9(8)7(2)10(6)13-3;1-11-4-5-2-3-6(12)7(9)8(5)10-11;1-2/h4-5H,1-3H3,(H,11,12);2-4,12H,1H3;1-2H3. The Labute approximate surface area is 157 Å². The van der Waals surface area contributed by atoms with E-state index in [9.17, 15) is 4.39 Å². The lowest BCUT2D eigenvalue weighted by Gasteiger charge is -2.08. The number of aromatic hydroxyl groups is 1. The summed E-state index contributed by atoms with van der Waals surface area (Å²) >= 11 is 0. The Balaban J connectivity index is 0.000000178. The van der Waals surface area contributed by atoms with Gasteiger partial charge in [-0.1, -0.05) is 13.8 Å². The molecular weight excluding hydrogens is 347 g/mol. The molecule has 2 aromatic heterocycles. The SMILES string of the molecule is CC.COc1c(C)cc2cn[nH]c2c1C.Cn1cc2ccc(O)c(F)c2n1. The molecule has 0 amide bonds. The fourth-order valence-corrected chi connectivity index (χ4v) is 2.89. The third-order valence-corrected chi connectivity index (χ3v) is 4.03. The van der Waals surface area contributed by atoms with E-state index in [1.807, 2.05) is 33.9 Å². The molecule has 0 unspecified atom stereocenters. The molecule has 4 rings (SSSR count). The molecular formula is C20H25FN4O2. The summed E-state index contributed by atoms with van der Waals surface area (Å²) in [5, 5.41) is 21.6. The van der Waals surface area contributed by atoms with Crippen molar-refractivity contribution in [3.05, 3.63) is 47.5 Å². The summed E-state index contributed by atoms with van der Waals surface area (Å²) < 4.78 is 19.9. The molecule has 0 saturated carbocycles. The minimum atomic E-state index is -0.659. The van der Waals surface area contributed by atoms with Gasteiger partial charge in [0.1, 0.15) is 11.3 Å². The first-order valence-electron chi connectivity index (χ1n) is 8.70. The quantitative estimate of drug-likeness (QED) is 0.511. The monoisotopic (exact) mass is 372 g/mol. The van der Waals surface area contributed by atoms with Gasteiger partial charge >= 0.3 is 0 Å². The maximum absolute atomic E-state index is 13.1. The van der Waals surface area contributed by atoms with Crippen molar-refractivity contribution in [1.82, 2.24) is 20.0 Å². The molecule has 0 fully saturated rings. The van der Waals surface area contributed by atoms with Crippen molar-refractivity contribution in [1.29, 1.82) is 0 Å². The van der Waals surface area contributed by atoms with E-state index < -0.39 is 5.82 Å². The molecule has 27 heavy (non-hydrogen) atoms. The largest absolute Gasteiger partial charge is 0.505 e. The first-order chi connectivity index (χ1) is 12.9. The van der Waals surface area contributed by atoms with Gasteiger partial charge in [-0.25, -0.2) is 4.39 Å². The normalized spacial score (nSPS) is 10.2. The van der Waals surface area contributed by atoms with Gasteiger partial charge in [0.05, 0.1) is 18.8 Å². The number of methoxy groups -OCH3 is 1. The maximum atomic E-state index is 13.1. The average molecular weight is 372 g/mol. The highest BCUT2D eigenvalue weighted by molar-refractivity contribution is 5.84. The summed E-state index contributed by atoms with van der Waals surface area (Å²) in [4.78, 5) is 0. The van der Waals surface area contributed by atoms with Gasteiger partial charge in [0, 0.05) is 29.6 Å². The zero-order chi connectivity index (χ0) is 20.1. The number of hydrogen-bond acceptors (Lipinski definition) is 4. The van der Waals surface area contributed by atoms with E-state index in [0.717, 1.165) is 27.8 Å². The number of halogens is 1. The van der Waals surface area contributed by atoms with Crippen LogP contribution in [0.4, 0.5) is 4.39 Å². The highest BCUT2D eigenvalue weighted by Gasteiger charge is 2.09. The number of phenolic OH excluding ortho intramolecular Hbond substituents is 1. The third-order valence-electron chi connectivity index (χ3n) is 4.03. The highest BCUT2D eigenvalue weighted by atomic mass is 19.1. The van der Waals surface area contributed by atoms with Crippen molar-refractivity contribution in [3.8, 4) is 11.5 Å². The summed E-state index contributed by atoms with van der Waals surface area (Å²) in [7, 11) is 3.40. The lowest BCUT2D eigenvalue weighted by Crippen LogP contribution is -1.91. The minimum Gasteiger partial charge on any atom is -0.505 e. The van der Waals surface area contributed by atoms with Crippen LogP contribution in [0.15, 0.2) is 30.6 Å². The predicted octanol–water partition coefficient (Wildman–Crippen LogP) is 4.63. The second-order valence-electron chi connectivity index (χ2n) is 5.83. The second kappa shape index (κ2) is 8.53. The van der Waals surface area contributed by atoms with Crippen LogP contribution in [0.5, 0.6) is 11.5 Å². The zero-order valence-electron chi connectivity index (χ0n) is 16.5. The molecule has 6 nitrogen and oxygen atoms in total. The van der Waals surface area contributed by atoms with E-state index in [0.29, 0.717) is 5.39 Å². The minimum absolute atomic E-state index is 0.206. The lowest BCUT2D eigenvalue weighted by atomic mass is 10.1. The molecule has 4 aromatic rings. The van der Waals surface area contributed by atoms with Crippen LogP contribution in [0, 0.1) is 19.7 Å². The van der Waals surface area contributed by atoms with Crippen LogP contribution in [0.2, 0.25) is 0 Å². The molecule has 0 aliphatic rings. The number of aryl methyl sites for hydroxylation is 3. The molecule has 0 aliphatic heterocycles. The number of phenols is 1. The van der Waals surface area contributed by atoms with Gasteiger partial charge in [-0.05, 0) is 37.6 Å². The van der Waals surface area contributed by atoms with Crippen molar-refractivity contribution in [2.45, 2.75) is 27.7 Å². The maximum Gasteiger partial charge on any atom is 0.192 e. The lowest BCUT2D eigenvalue weighted by molar-refractivity contribution is 0.409. The fourth-order valence-electron chi connectivity index (χ4n) is 2.89. The van der Waals surface area contributed by atoms with Gasteiger partial charge in [-0.2, -0.15) is 10.2 Å². The molecule has 0 bridgehead atoms. The van der Waals surface area contributed by atoms with Crippen molar-refractivity contribution >= 4 is 21.8 Å². The van der Waals surface area contributed by atoms with Crippen molar-refractivity contribution in [3.63, 3.8) is 0 Å². The predicted molar refractivity (Wildman–Crippen MR) is 106 cm³/mol. The Kier molecular flexibility index (Phi) is 6.39. The second-order valence-corrected chi connectivity index (χ2v) is 5.83. The van der Waals surface area contributed by atoms with E-state index in [2.05, 4.69) is 21.4 Å². The van der Waals surface area contributed by atoms with Crippen LogP contribution in [0.25, 0.3) is 21.8 Å². The molecule has 0 spiro atoms. The molecule has 2 aromatic carbocycles. The Morgan fingerprint density at radius 1 is 1.19 bits per heavy atom.